The van der Waals surface area contributed by atoms with E-state index in [2.05, 4.69) is 25.8 Å². The molecule has 1 aromatic carbocycles. The van der Waals surface area contributed by atoms with Crippen molar-refractivity contribution in [1.82, 2.24) is 9.97 Å². The number of aryl methyl sites for hydroxylation is 1. The van der Waals surface area contributed by atoms with Gasteiger partial charge in [-0.05, 0) is 68.2 Å². The van der Waals surface area contributed by atoms with Gasteiger partial charge in [-0.1, -0.05) is 11.6 Å². The Morgan fingerprint density at radius 1 is 0.964 bits per heavy atom. The van der Waals surface area contributed by atoms with Crippen LogP contribution in [0.25, 0.3) is 0 Å². The maximum atomic E-state index is 9.04. The summed E-state index contributed by atoms with van der Waals surface area (Å²) in [6.07, 6.45) is 8.71. The van der Waals surface area contributed by atoms with Crippen LogP contribution >= 0.6 is 11.6 Å². The number of aromatic nitrogens is 2. The van der Waals surface area contributed by atoms with Gasteiger partial charge in [-0.2, -0.15) is 5.26 Å². The molecule has 0 bridgehead atoms. The fourth-order valence-electron chi connectivity index (χ4n) is 4.54. The summed E-state index contributed by atoms with van der Waals surface area (Å²) in [4.78, 5) is 13.7. The van der Waals surface area contributed by atoms with Crippen molar-refractivity contribution in [3.8, 4) is 6.07 Å². The Morgan fingerprint density at radius 2 is 1.54 bits per heavy atom. The zero-order chi connectivity index (χ0) is 19.5. The lowest BCUT2D eigenvalue weighted by molar-refractivity contribution is 0.232. The molecule has 6 heteroatoms. The molecule has 28 heavy (non-hydrogen) atoms. The maximum Gasteiger partial charge on any atom is 0.225 e. The highest BCUT2D eigenvalue weighted by Crippen LogP contribution is 2.35. The standard InChI is InChI=1S/C22H26ClN5/c1-16-14-25-22(26-15-16)28-10-6-18(7-11-28)17-4-8-27(9-5-17)20-3-2-19(13-24)21(23)12-20/h2-3,12,14-15,17-18H,4-11H2,1H3. The van der Waals surface area contributed by atoms with Crippen molar-refractivity contribution in [3.63, 3.8) is 0 Å². The van der Waals surface area contributed by atoms with Gasteiger partial charge in [-0.15, -0.1) is 0 Å². The molecule has 146 valence electrons. The molecule has 0 spiro atoms. The highest BCUT2D eigenvalue weighted by molar-refractivity contribution is 6.32. The third-order valence-electron chi connectivity index (χ3n) is 6.23. The summed E-state index contributed by atoms with van der Waals surface area (Å²) in [5, 5.41) is 9.59. The molecule has 2 saturated heterocycles. The first-order chi connectivity index (χ1) is 13.6. The van der Waals surface area contributed by atoms with E-state index in [1.807, 2.05) is 37.5 Å². The van der Waals surface area contributed by atoms with Crippen molar-refractivity contribution in [1.29, 1.82) is 5.26 Å². The number of piperidine rings is 2. The fourth-order valence-corrected chi connectivity index (χ4v) is 4.76. The van der Waals surface area contributed by atoms with E-state index in [0.717, 1.165) is 55.2 Å². The van der Waals surface area contributed by atoms with Gasteiger partial charge in [0, 0.05) is 44.3 Å². The summed E-state index contributed by atoms with van der Waals surface area (Å²) in [6, 6.07) is 7.91. The number of benzene rings is 1. The summed E-state index contributed by atoms with van der Waals surface area (Å²) >= 11 is 6.21. The third kappa shape index (κ3) is 4.07. The molecule has 1 aromatic heterocycles. The predicted molar refractivity (Wildman–Crippen MR) is 113 cm³/mol. The van der Waals surface area contributed by atoms with Crippen molar-refractivity contribution in [2.45, 2.75) is 32.6 Å². The van der Waals surface area contributed by atoms with Gasteiger partial charge in [0.15, 0.2) is 0 Å². The average molecular weight is 396 g/mol. The number of hydrogen-bond donors (Lipinski definition) is 0. The Hall–Kier alpha value is -2.32. The molecule has 0 radical (unpaired) electrons. The van der Waals surface area contributed by atoms with E-state index in [4.69, 9.17) is 16.9 Å². The quantitative estimate of drug-likeness (QED) is 0.768. The predicted octanol–water partition coefficient (Wildman–Crippen LogP) is 4.44. The van der Waals surface area contributed by atoms with E-state index in [9.17, 15) is 0 Å². The second-order valence-electron chi connectivity index (χ2n) is 7.99. The summed E-state index contributed by atoms with van der Waals surface area (Å²) in [5.74, 6) is 2.47. The molecule has 2 aliphatic heterocycles. The molecule has 4 rings (SSSR count). The highest BCUT2D eigenvalue weighted by atomic mass is 35.5. The lowest BCUT2D eigenvalue weighted by atomic mass is 9.79. The molecule has 2 fully saturated rings. The first kappa shape index (κ1) is 19.0. The van der Waals surface area contributed by atoms with E-state index in [1.165, 1.54) is 25.7 Å². The highest BCUT2D eigenvalue weighted by Gasteiger charge is 2.30. The van der Waals surface area contributed by atoms with Crippen molar-refractivity contribution >= 4 is 23.2 Å². The Morgan fingerprint density at radius 3 is 2.07 bits per heavy atom. The van der Waals surface area contributed by atoms with Gasteiger partial charge in [0.2, 0.25) is 5.95 Å². The number of anilines is 2. The second kappa shape index (κ2) is 8.36. The lowest BCUT2D eigenvalue weighted by Crippen LogP contribution is -2.41. The molecule has 0 saturated carbocycles. The molecule has 2 aromatic rings. The molecule has 0 unspecified atom stereocenters. The van der Waals surface area contributed by atoms with Gasteiger partial charge in [0.25, 0.3) is 0 Å². The van der Waals surface area contributed by atoms with Crippen molar-refractivity contribution in [2.75, 3.05) is 36.0 Å². The van der Waals surface area contributed by atoms with Gasteiger partial charge < -0.3 is 9.80 Å². The number of nitriles is 1. The summed E-state index contributed by atoms with van der Waals surface area (Å²) < 4.78 is 0. The molecule has 0 atom stereocenters. The van der Waals surface area contributed by atoms with Crippen LogP contribution in [-0.2, 0) is 0 Å². The van der Waals surface area contributed by atoms with Gasteiger partial charge in [0.1, 0.15) is 6.07 Å². The Labute approximate surface area is 172 Å². The van der Waals surface area contributed by atoms with Crippen LogP contribution in [-0.4, -0.2) is 36.1 Å². The monoisotopic (exact) mass is 395 g/mol. The Balaban J connectivity index is 1.29. The second-order valence-corrected chi connectivity index (χ2v) is 8.39. The number of hydrogen-bond acceptors (Lipinski definition) is 5. The van der Waals surface area contributed by atoms with Gasteiger partial charge in [-0.25, -0.2) is 9.97 Å². The van der Waals surface area contributed by atoms with Crippen molar-refractivity contribution in [3.05, 3.63) is 46.7 Å². The molecular formula is C22H26ClN5. The molecular weight excluding hydrogens is 370 g/mol. The molecule has 0 aliphatic carbocycles. The first-order valence-corrected chi connectivity index (χ1v) is 10.5. The molecule has 0 N–H and O–H groups in total. The van der Waals surface area contributed by atoms with Crippen LogP contribution in [0.15, 0.2) is 30.6 Å². The smallest absolute Gasteiger partial charge is 0.225 e. The maximum absolute atomic E-state index is 9.04. The Kier molecular flexibility index (Phi) is 5.68. The van der Waals surface area contributed by atoms with Crippen LogP contribution in [0.1, 0.15) is 36.8 Å². The van der Waals surface area contributed by atoms with Crippen LogP contribution in [0.5, 0.6) is 0 Å². The zero-order valence-electron chi connectivity index (χ0n) is 16.3. The number of rotatable bonds is 3. The van der Waals surface area contributed by atoms with E-state index >= 15 is 0 Å². The van der Waals surface area contributed by atoms with E-state index < -0.39 is 0 Å². The minimum absolute atomic E-state index is 0.546. The number of halogens is 1. The molecule has 3 heterocycles. The van der Waals surface area contributed by atoms with Crippen molar-refractivity contribution < 1.29 is 0 Å². The summed E-state index contributed by atoms with van der Waals surface area (Å²) in [5.41, 5.74) is 2.78. The van der Waals surface area contributed by atoms with Crippen LogP contribution in [0.4, 0.5) is 11.6 Å². The van der Waals surface area contributed by atoms with Crippen LogP contribution in [0.3, 0.4) is 0 Å². The van der Waals surface area contributed by atoms with Crippen LogP contribution in [0.2, 0.25) is 5.02 Å². The van der Waals surface area contributed by atoms with Crippen LogP contribution < -0.4 is 9.80 Å². The van der Waals surface area contributed by atoms with E-state index in [-0.39, 0.29) is 0 Å². The minimum Gasteiger partial charge on any atom is -0.371 e. The Bertz CT molecular complexity index is 844. The van der Waals surface area contributed by atoms with Crippen LogP contribution in [0, 0.1) is 30.1 Å². The topological polar surface area (TPSA) is 56.1 Å². The summed E-state index contributed by atoms with van der Waals surface area (Å²) in [6.45, 7) is 6.26. The largest absolute Gasteiger partial charge is 0.371 e. The molecule has 2 aliphatic rings. The zero-order valence-corrected chi connectivity index (χ0v) is 17.1. The van der Waals surface area contributed by atoms with Crippen molar-refractivity contribution in [2.24, 2.45) is 11.8 Å². The van der Waals surface area contributed by atoms with E-state index in [1.54, 1.807) is 0 Å². The minimum atomic E-state index is 0.546. The normalized spacial score (nSPS) is 18.9. The summed E-state index contributed by atoms with van der Waals surface area (Å²) in [7, 11) is 0. The lowest BCUT2D eigenvalue weighted by Gasteiger charge is -2.41. The molecule has 5 nitrogen and oxygen atoms in total. The van der Waals surface area contributed by atoms with Gasteiger partial charge in [-0.3, -0.25) is 0 Å². The third-order valence-corrected chi connectivity index (χ3v) is 6.55. The first-order valence-electron chi connectivity index (χ1n) is 10.1. The fraction of sp³-hybridized carbons (Fsp3) is 0.500. The average Bonchev–Trinajstić information content (AvgIpc) is 2.74. The van der Waals surface area contributed by atoms with E-state index in [0.29, 0.717) is 10.6 Å². The SMILES string of the molecule is Cc1cnc(N2CCC(C3CCN(c4ccc(C#N)c(Cl)c4)CC3)CC2)nc1. The van der Waals surface area contributed by atoms with Gasteiger partial charge in [0.05, 0.1) is 10.6 Å². The molecule has 0 amide bonds. The van der Waals surface area contributed by atoms with Gasteiger partial charge >= 0.3 is 0 Å². The number of nitrogens with zero attached hydrogens (tertiary/aromatic N) is 5.